The van der Waals surface area contributed by atoms with Crippen molar-refractivity contribution in [2.24, 2.45) is 0 Å². The fraction of sp³-hybridized carbons (Fsp3) is 0.286. The largest absolute Gasteiger partial charge is 0.473 e. The highest BCUT2D eigenvalue weighted by atomic mass is 16.4. The van der Waals surface area contributed by atoms with Gasteiger partial charge in [0.15, 0.2) is 0 Å². The maximum absolute atomic E-state index is 12.0. The van der Waals surface area contributed by atoms with Gasteiger partial charge in [0.25, 0.3) is 0 Å². The van der Waals surface area contributed by atoms with Crippen LogP contribution in [0.25, 0.3) is 0 Å². The smallest absolute Gasteiger partial charge is 0.414 e. The van der Waals surface area contributed by atoms with Gasteiger partial charge in [-0.2, -0.15) is 0 Å². The Morgan fingerprint density at radius 3 is 2.07 bits per heavy atom. The maximum atomic E-state index is 12.0. The average Bonchev–Trinajstić information content (AvgIpc) is 2.64. The van der Waals surface area contributed by atoms with Gasteiger partial charge in [-0.1, -0.05) is 36.4 Å². The predicted octanol–water partition coefficient (Wildman–Crippen LogP) is 2.92. The van der Waals surface area contributed by atoms with Gasteiger partial charge in [-0.3, -0.25) is 4.79 Å². The lowest BCUT2D eigenvalue weighted by Gasteiger charge is -2.16. The van der Waals surface area contributed by atoms with Crippen molar-refractivity contribution in [3.63, 3.8) is 0 Å². The molecule has 0 unspecified atom stereocenters. The van der Waals surface area contributed by atoms with Crippen LogP contribution in [0.4, 0.5) is 5.69 Å². The Morgan fingerprint density at radius 2 is 1.54 bits per heavy atom. The Hall–Kier alpha value is -3.19. The number of amides is 1. The molecular weight excluding hydrogens is 360 g/mol. The van der Waals surface area contributed by atoms with Crippen LogP contribution in [0.15, 0.2) is 48.5 Å². The summed E-state index contributed by atoms with van der Waals surface area (Å²) in [4.78, 5) is 32.4. The summed E-state index contributed by atoms with van der Waals surface area (Å²) in [6.45, 7) is 5.72. The van der Waals surface area contributed by atoms with Gasteiger partial charge in [0.05, 0.1) is 0 Å². The van der Waals surface area contributed by atoms with Crippen molar-refractivity contribution in [2.45, 2.75) is 26.8 Å². The predicted molar refractivity (Wildman–Crippen MR) is 107 cm³/mol. The third-order valence-electron chi connectivity index (χ3n) is 3.99. The molecule has 0 saturated carbocycles. The lowest BCUT2D eigenvalue weighted by Crippen LogP contribution is -2.24. The van der Waals surface area contributed by atoms with Crippen LogP contribution in [-0.2, 0) is 20.9 Å². The first kappa shape index (κ1) is 22.9. The fourth-order valence-electron chi connectivity index (χ4n) is 2.31. The molecule has 0 saturated heterocycles. The number of carboxylic acids is 2. The number of carbonyl (C=O) groups excluding carboxylic acids is 1. The first-order chi connectivity index (χ1) is 13.2. The summed E-state index contributed by atoms with van der Waals surface area (Å²) >= 11 is 0. The molecule has 0 fully saturated rings. The van der Waals surface area contributed by atoms with Crippen LogP contribution < -0.4 is 5.32 Å². The van der Waals surface area contributed by atoms with Gasteiger partial charge in [0.2, 0.25) is 5.91 Å². The van der Waals surface area contributed by atoms with E-state index >= 15 is 0 Å². The number of nitrogens with one attached hydrogen (secondary N) is 1. The molecule has 7 nitrogen and oxygen atoms in total. The number of hydrogen-bond acceptors (Lipinski definition) is 4. The van der Waals surface area contributed by atoms with Crippen molar-refractivity contribution in [3.05, 3.63) is 65.2 Å². The van der Waals surface area contributed by atoms with E-state index in [4.69, 9.17) is 19.8 Å². The van der Waals surface area contributed by atoms with Crippen LogP contribution in [0.5, 0.6) is 0 Å². The minimum absolute atomic E-state index is 0.0585. The summed E-state index contributed by atoms with van der Waals surface area (Å²) in [5, 5.41) is 17.7. The van der Waals surface area contributed by atoms with Crippen LogP contribution in [0.2, 0.25) is 0 Å². The van der Waals surface area contributed by atoms with Gasteiger partial charge in [-0.05, 0) is 49.7 Å². The number of carboxylic acid groups (broad SMARTS) is 2. The zero-order chi connectivity index (χ0) is 21.1. The van der Waals surface area contributed by atoms with E-state index in [1.165, 1.54) is 16.7 Å². The molecule has 150 valence electrons. The number of aliphatic carboxylic acids is 2. The van der Waals surface area contributed by atoms with Crippen LogP contribution in [0.3, 0.4) is 0 Å². The summed E-state index contributed by atoms with van der Waals surface area (Å²) in [5.41, 5.74) is 4.57. The molecule has 0 aliphatic heterocycles. The monoisotopic (exact) mass is 386 g/mol. The van der Waals surface area contributed by atoms with E-state index < -0.39 is 11.9 Å². The van der Waals surface area contributed by atoms with Crippen molar-refractivity contribution >= 4 is 23.5 Å². The van der Waals surface area contributed by atoms with Gasteiger partial charge in [0, 0.05) is 25.2 Å². The minimum Gasteiger partial charge on any atom is -0.473 e. The molecule has 28 heavy (non-hydrogen) atoms. The topological polar surface area (TPSA) is 107 Å². The van der Waals surface area contributed by atoms with Crippen molar-refractivity contribution in [2.75, 3.05) is 18.9 Å². The summed E-state index contributed by atoms with van der Waals surface area (Å²) in [7, 11) is 2.04. The first-order valence-corrected chi connectivity index (χ1v) is 8.75. The molecule has 0 heterocycles. The SMILES string of the molecule is Cc1ccc(NC(=O)CCN(C)Cc2ccccc2)cc1C.O=C(O)C(=O)O. The van der Waals surface area contributed by atoms with Crippen LogP contribution >= 0.6 is 0 Å². The second-order valence-electron chi connectivity index (χ2n) is 6.43. The standard InChI is InChI=1S/C19H24N2O.C2H2O4/c1-15-9-10-18(13-16(15)2)20-19(22)11-12-21(3)14-17-7-5-4-6-8-17;3-1(4)2(5)6/h4-10,13H,11-12,14H2,1-3H3,(H,20,22);(H,3,4)(H,5,6). The third-order valence-corrected chi connectivity index (χ3v) is 3.99. The van der Waals surface area contributed by atoms with Gasteiger partial charge >= 0.3 is 11.9 Å². The number of nitrogens with zero attached hydrogens (tertiary/aromatic N) is 1. The van der Waals surface area contributed by atoms with Gasteiger partial charge in [0.1, 0.15) is 0 Å². The highest BCUT2D eigenvalue weighted by molar-refractivity contribution is 6.27. The maximum Gasteiger partial charge on any atom is 0.414 e. The molecule has 2 aromatic rings. The van der Waals surface area contributed by atoms with Crippen molar-refractivity contribution in [1.82, 2.24) is 4.90 Å². The number of hydrogen-bond donors (Lipinski definition) is 3. The second-order valence-corrected chi connectivity index (χ2v) is 6.43. The molecule has 0 aromatic heterocycles. The molecule has 2 rings (SSSR count). The van der Waals surface area contributed by atoms with E-state index in [1.807, 2.05) is 43.4 Å². The van der Waals surface area contributed by atoms with E-state index in [9.17, 15) is 4.79 Å². The van der Waals surface area contributed by atoms with E-state index in [2.05, 4.69) is 36.2 Å². The number of rotatable bonds is 6. The second kappa shape index (κ2) is 11.5. The molecule has 0 aliphatic rings. The lowest BCUT2D eigenvalue weighted by atomic mass is 10.1. The quantitative estimate of drug-likeness (QED) is 0.659. The first-order valence-electron chi connectivity index (χ1n) is 8.75. The number of benzene rings is 2. The van der Waals surface area contributed by atoms with Crippen molar-refractivity contribution in [1.29, 1.82) is 0 Å². The highest BCUT2D eigenvalue weighted by Gasteiger charge is 2.06. The van der Waals surface area contributed by atoms with E-state index in [0.29, 0.717) is 6.42 Å². The molecule has 7 heteroatoms. The lowest BCUT2D eigenvalue weighted by molar-refractivity contribution is -0.159. The van der Waals surface area contributed by atoms with Crippen molar-refractivity contribution < 1.29 is 24.6 Å². The third kappa shape index (κ3) is 8.95. The Bertz CT molecular complexity index is 794. The summed E-state index contributed by atoms with van der Waals surface area (Å²) in [6, 6.07) is 16.3. The van der Waals surface area contributed by atoms with E-state index in [1.54, 1.807) is 0 Å². The summed E-state index contributed by atoms with van der Waals surface area (Å²) in [6.07, 6.45) is 0.496. The van der Waals surface area contributed by atoms with Gasteiger partial charge in [-0.25, -0.2) is 9.59 Å². The van der Waals surface area contributed by atoms with Crippen LogP contribution in [-0.4, -0.2) is 46.6 Å². The molecule has 3 N–H and O–H groups in total. The van der Waals surface area contributed by atoms with Gasteiger partial charge < -0.3 is 20.4 Å². The van der Waals surface area contributed by atoms with E-state index in [0.717, 1.165) is 18.8 Å². The highest BCUT2D eigenvalue weighted by Crippen LogP contribution is 2.14. The molecule has 0 radical (unpaired) electrons. The molecule has 0 aliphatic carbocycles. The average molecular weight is 386 g/mol. The number of anilines is 1. The van der Waals surface area contributed by atoms with E-state index in [-0.39, 0.29) is 5.91 Å². The van der Waals surface area contributed by atoms with Crippen LogP contribution in [0.1, 0.15) is 23.1 Å². The van der Waals surface area contributed by atoms with Crippen LogP contribution in [0, 0.1) is 13.8 Å². The number of carbonyl (C=O) groups is 3. The minimum atomic E-state index is -1.82. The zero-order valence-electron chi connectivity index (χ0n) is 16.3. The molecule has 1 amide bonds. The summed E-state index contributed by atoms with van der Waals surface area (Å²) < 4.78 is 0. The fourth-order valence-corrected chi connectivity index (χ4v) is 2.31. The Kier molecular flexibility index (Phi) is 9.39. The number of aryl methyl sites for hydroxylation is 2. The molecule has 2 aromatic carbocycles. The Balaban J connectivity index is 0.000000568. The van der Waals surface area contributed by atoms with Gasteiger partial charge in [-0.15, -0.1) is 0 Å². The zero-order valence-corrected chi connectivity index (χ0v) is 16.3. The molecular formula is C21H26N2O5. The Labute approximate surface area is 164 Å². The Morgan fingerprint density at radius 1 is 0.929 bits per heavy atom. The summed E-state index contributed by atoms with van der Waals surface area (Å²) in [5.74, 6) is -3.59. The van der Waals surface area contributed by atoms with Crippen molar-refractivity contribution in [3.8, 4) is 0 Å². The normalized spacial score (nSPS) is 10.0. The molecule has 0 bridgehead atoms. The molecule has 0 spiro atoms. The molecule has 0 atom stereocenters.